The number of aromatic nitrogens is 3. The molecule has 2 aromatic rings. The Hall–Kier alpha value is -1.44. The number of carbonyl (C=O) groups excluding carboxylic acids is 2. The third-order valence-corrected chi connectivity index (χ3v) is 4.95. The summed E-state index contributed by atoms with van der Waals surface area (Å²) in [5.41, 5.74) is -0.249. The molecule has 2 rings (SSSR count). The molecule has 1 amide bonds. The number of aryl methyl sites for hydroxylation is 1. The first-order valence-electron chi connectivity index (χ1n) is 7.19. The van der Waals surface area contributed by atoms with E-state index in [4.69, 9.17) is 4.74 Å². The van der Waals surface area contributed by atoms with Crippen molar-refractivity contribution in [2.45, 2.75) is 11.8 Å². The van der Waals surface area contributed by atoms with Crippen LogP contribution in [0.25, 0.3) is 0 Å². The second kappa shape index (κ2) is 9.66. The molecule has 12 heteroatoms. The number of ether oxygens (including phenoxy) is 2. The summed E-state index contributed by atoms with van der Waals surface area (Å²) in [6, 6.07) is 5.18. The molecule has 0 atom stereocenters. The summed E-state index contributed by atoms with van der Waals surface area (Å²) in [6.07, 6.45) is 0. The van der Waals surface area contributed by atoms with E-state index in [0.29, 0.717) is 0 Å². The summed E-state index contributed by atoms with van der Waals surface area (Å²) in [6.45, 7) is 1.53. The third-order valence-electron chi connectivity index (χ3n) is 3.28. The van der Waals surface area contributed by atoms with Gasteiger partial charge in [-0.2, -0.15) is 15.0 Å². The van der Waals surface area contributed by atoms with Crippen molar-refractivity contribution in [3.05, 3.63) is 35.7 Å². The number of hydrogen-bond acceptors (Lipinski definition) is 9. The average Bonchev–Trinajstić information content (AvgIpc) is 2.65. The molecule has 1 aromatic heterocycles. The van der Waals surface area contributed by atoms with Crippen molar-refractivity contribution in [1.29, 1.82) is 0 Å². The van der Waals surface area contributed by atoms with Crippen LogP contribution in [0.3, 0.4) is 0 Å². The number of benzene rings is 1. The Morgan fingerprint density at radius 2 is 1.70 bits per heavy atom. The molecule has 140 valence electrons. The van der Waals surface area contributed by atoms with Crippen molar-refractivity contribution >= 4 is 78.4 Å². The second-order valence-corrected chi connectivity index (χ2v) is 6.78. The van der Waals surface area contributed by atoms with Gasteiger partial charge >= 0.3 is 68.6 Å². The Balaban J connectivity index is 0.00000364. The van der Waals surface area contributed by atoms with Gasteiger partial charge in [-0.1, -0.05) is 12.1 Å². The van der Waals surface area contributed by atoms with Gasteiger partial charge in [0.15, 0.2) is 0 Å². The maximum atomic E-state index is 12.7. The fourth-order valence-corrected chi connectivity index (χ4v) is 3.35. The van der Waals surface area contributed by atoms with E-state index >= 15 is 0 Å². The number of amides is 1. The molecule has 0 N–H and O–H groups in total. The van der Waals surface area contributed by atoms with Gasteiger partial charge in [-0.05, 0) is 19.1 Å². The van der Waals surface area contributed by atoms with Crippen LogP contribution in [0, 0.1) is 6.92 Å². The molecule has 0 radical (unpaired) electrons. The Morgan fingerprint density at radius 1 is 1.07 bits per heavy atom. The number of esters is 1. The van der Waals surface area contributed by atoms with Gasteiger partial charge in [0.1, 0.15) is 5.82 Å². The van der Waals surface area contributed by atoms with E-state index in [-0.39, 0.29) is 74.7 Å². The van der Waals surface area contributed by atoms with Gasteiger partial charge in [-0.3, -0.25) is 9.69 Å². The Kier molecular flexibility index (Phi) is 8.44. The number of hydrogen-bond donors (Lipinski definition) is 0. The quantitative estimate of drug-likeness (QED) is 0.508. The van der Waals surface area contributed by atoms with Crippen LogP contribution in [0.2, 0.25) is 0 Å². The van der Waals surface area contributed by atoms with E-state index in [1.165, 1.54) is 39.3 Å². The van der Waals surface area contributed by atoms with E-state index in [9.17, 15) is 18.0 Å². The molecule has 0 unspecified atom stereocenters. The number of anilines is 1. The summed E-state index contributed by atoms with van der Waals surface area (Å²) >= 11 is 0. The van der Waals surface area contributed by atoms with Crippen LogP contribution in [0.5, 0.6) is 6.01 Å². The summed E-state index contributed by atoms with van der Waals surface area (Å²) in [5, 5.41) is -1.32. The van der Waals surface area contributed by atoms with Crippen molar-refractivity contribution in [2.75, 3.05) is 26.2 Å². The normalized spacial score (nSPS) is 10.5. The molecule has 10 nitrogen and oxygen atoms in total. The van der Waals surface area contributed by atoms with E-state index in [0.717, 1.165) is 18.1 Å². The summed E-state index contributed by atoms with van der Waals surface area (Å²) < 4.78 is 34.9. The monoisotopic (exact) mass is 420 g/mol. The molecule has 0 spiro atoms. The van der Waals surface area contributed by atoms with Crippen molar-refractivity contribution in [2.24, 2.45) is 0 Å². The zero-order chi connectivity index (χ0) is 19.5. The fraction of sp³-hybridized carbons (Fsp3) is 0.267. The van der Waals surface area contributed by atoms with Gasteiger partial charge in [0.25, 0.3) is 9.84 Å². The van der Waals surface area contributed by atoms with Gasteiger partial charge < -0.3 is 9.47 Å². The molecule has 1 aromatic carbocycles. The number of nitrogens with zero attached hydrogens (tertiary/aromatic N) is 4. The van der Waals surface area contributed by atoms with E-state index in [1.807, 2.05) is 0 Å². The van der Waals surface area contributed by atoms with Crippen LogP contribution in [0.1, 0.15) is 16.2 Å². The van der Waals surface area contributed by atoms with Crippen LogP contribution in [0.15, 0.2) is 29.2 Å². The van der Waals surface area contributed by atoms with Crippen LogP contribution >= 0.6 is 0 Å². The SMILES string of the molecule is COC(=O)c1ccccc1S(=O)(=O)C(=O)N(C)c1nc(C)nc(OC)n1.[KH]. The Labute approximate surface area is 198 Å². The summed E-state index contributed by atoms with van der Waals surface area (Å²) in [4.78, 5) is 36.3. The predicted octanol–water partition coefficient (Wildman–Crippen LogP) is 0.357. The van der Waals surface area contributed by atoms with Gasteiger partial charge in [0.2, 0.25) is 5.95 Å². The van der Waals surface area contributed by atoms with E-state index in [2.05, 4.69) is 19.7 Å². The van der Waals surface area contributed by atoms with Gasteiger partial charge in [0.05, 0.1) is 24.7 Å². The number of carbonyl (C=O) groups is 2. The molecule has 27 heavy (non-hydrogen) atoms. The average molecular weight is 420 g/mol. The molecule has 0 bridgehead atoms. The second-order valence-electron chi connectivity index (χ2n) is 4.99. The van der Waals surface area contributed by atoms with Crippen LogP contribution in [0.4, 0.5) is 10.7 Å². The Bertz CT molecular complexity index is 967. The van der Waals surface area contributed by atoms with Crippen molar-refractivity contribution in [1.82, 2.24) is 15.0 Å². The molecule has 0 saturated heterocycles. The maximum absolute atomic E-state index is 12.7. The molecule has 0 fully saturated rings. The fourth-order valence-electron chi connectivity index (χ4n) is 2.02. The predicted molar refractivity (Wildman–Crippen MR) is 97.0 cm³/mol. The van der Waals surface area contributed by atoms with Crippen molar-refractivity contribution in [3.63, 3.8) is 0 Å². The zero-order valence-electron chi connectivity index (χ0n) is 14.5. The van der Waals surface area contributed by atoms with Crippen molar-refractivity contribution in [3.8, 4) is 6.01 Å². The number of rotatable bonds is 4. The Morgan fingerprint density at radius 3 is 2.30 bits per heavy atom. The molecule has 0 aliphatic heterocycles. The molecular weight excluding hydrogens is 403 g/mol. The summed E-state index contributed by atoms with van der Waals surface area (Å²) in [7, 11) is -0.936. The molecule has 1 heterocycles. The van der Waals surface area contributed by atoms with Crippen LogP contribution in [-0.2, 0) is 14.6 Å². The molecule has 0 aliphatic carbocycles. The van der Waals surface area contributed by atoms with Gasteiger partial charge in [0, 0.05) is 7.05 Å². The standard InChI is InChI=1S/C15H16N4O6S.K.H/c1-9-16-13(18-14(17-9)25-4)19(2)15(21)26(22,23)11-8-6-5-7-10(11)12(20)24-3;;/h5-8H,1-4H3;;. The van der Waals surface area contributed by atoms with Crippen LogP contribution in [-0.4, -0.2) is 107 Å². The summed E-state index contributed by atoms with van der Waals surface area (Å²) in [5.74, 6) is -0.852. The minimum atomic E-state index is -4.56. The third kappa shape index (κ3) is 5.09. The van der Waals surface area contributed by atoms with Crippen LogP contribution < -0.4 is 9.64 Å². The van der Waals surface area contributed by atoms with Crippen molar-refractivity contribution < 1.29 is 27.5 Å². The molecule has 0 aliphatic rings. The minimum absolute atomic E-state index is 0. The first-order chi connectivity index (χ1) is 12.2. The molecule has 0 saturated carbocycles. The van der Waals surface area contributed by atoms with E-state index < -0.39 is 25.9 Å². The number of sulfone groups is 1. The topological polar surface area (TPSA) is 129 Å². The van der Waals surface area contributed by atoms with Gasteiger partial charge in [-0.15, -0.1) is 0 Å². The molecular formula is C15H17KN4O6S. The number of methoxy groups -OCH3 is 2. The first-order valence-corrected chi connectivity index (χ1v) is 8.67. The first kappa shape index (κ1) is 23.6. The zero-order valence-corrected chi connectivity index (χ0v) is 15.3. The van der Waals surface area contributed by atoms with E-state index in [1.54, 1.807) is 0 Å². The van der Waals surface area contributed by atoms with Gasteiger partial charge in [-0.25, -0.2) is 13.2 Å².